The summed E-state index contributed by atoms with van der Waals surface area (Å²) in [6.45, 7) is 12.2. The number of nitrogens with zero attached hydrogens (tertiary/aromatic N) is 1. The number of phenols is 1. The van der Waals surface area contributed by atoms with E-state index in [9.17, 15) is 29.4 Å². The molecule has 7 atom stereocenters. The summed E-state index contributed by atoms with van der Waals surface area (Å²) in [5.41, 5.74) is 0.980. The van der Waals surface area contributed by atoms with Gasteiger partial charge in [-0.3, -0.25) is 14.4 Å². The summed E-state index contributed by atoms with van der Waals surface area (Å²) in [5.74, 6) is -3.71. The summed E-state index contributed by atoms with van der Waals surface area (Å²) < 4.78 is 12.3. The molecule has 3 rings (SSSR count). The molecular weight excluding hydrogens is 752 g/mol. The van der Waals surface area contributed by atoms with Gasteiger partial charge in [0.2, 0.25) is 11.8 Å². The molecule has 54 heavy (non-hydrogen) atoms. The van der Waals surface area contributed by atoms with E-state index < -0.39 is 41.6 Å². The van der Waals surface area contributed by atoms with Gasteiger partial charge >= 0.3 is 5.97 Å². The Labute approximate surface area is 328 Å². The van der Waals surface area contributed by atoms with Crippen molar-refractivity contribution < 1.29 is 38.9 Å². The lowest BCUT2D eigenvalue weighted by molar-refractivity contribution is -0.162. The van der Waals surface area contributed by atoms with Crippen LogP contribution in [0.4, 0.5) is 0 Å². The molecule has 2 aromatic rings. The topological polar surface area (TPSA) is 142 Å². The third-order valence-electron chi connectivity index (χ3n) is 10.2. The zero-order valence-corrected chi connectivity index (χ0v) is 34.6. The van der Waals surface area contributed by atoms with Gasteiger partial charge in [0, 0.05) is 38.0 Å². The predicted octanol–water partition coefficient (Wildman–Crippen LogP) is 7.19. The monoisotopic (exact) mass is 808 g/mol. The molecule has 0 saturated carbocycles. The highest BCUT2D eigenvalue weighted by Gasteiger charge is 2.41. The first-order valence-electron chi connectivity index (χ1n) is 18.5. The Balaban J connectivity index is 2.19. The van der Waals surface area contributed by atoms with E-state index >= 15 is 0 Å². The number of cyclic esters (lactones) is 1. The SMILES string of the molecule is CCC(C)C1C(=O)CC(Cc2ccc(O)c(Br)c2)C(=O)NC(C(C)(C)O)C(=O)OC(c2ccccc2)C(C)/C=C/C=C(\C)C(OC)C/C=C(/C)C(=O)N1C. The largest absolute Gasteiger partial charge is 0.507 e. The van der Waals surface area contributed by atoms with E-state index in [0.29, 0.717) is 28.5 Å². The van der Waals surface area contributed by atoms with Crippen LogP contribution < -0.4 is 5.32 Å². The lowest BCUT2D eigenvalue weighted by Gasteiger charge is -2.34. The Morgan fingerprint density at radius 2 is 1.76 bits per heavy atom. The molecule has 1 heterocycles. The Kier molecular flexibility index (Phi) is 16.4. The van der Waals surface area contributed by atoms with Crippen LogP contribution in [0.2, 0.25) is 0 Å². The van der Waals surface area contributed by atoms with Crippen molar-refractivity contribution >= 4 is 39.5 Å². The summed E-state index contributed by atoms with van der Waals surface area (Å²) >= 11 is 3.33. The fourth-order valence-electron chi connectivity index (χ4n) is 6.65. The van der Waals surface area contributed by atoms with Crippen LogP contribution in [0, 0.1) is 17.8 Å². The van der Waals surface area contributed by atoms with Crippen LogP contribution in [0.1, 0.15) is 85.0 Å². The van der Waals surface area contributed by atoms with Crippen LogP contribution >= 0.6 is 15.9 Å². The van der Waals surface area contributed by atoms with Gasteiger partial charge in [0.05, 0.1) is 22.2 Å². The quantitative estimate of drug-likeness (QED) is 0.250. The molecule has 0 fully saturated rings. The van der Waals surface area contributed by atoms with Crippen molar-refractivity contribution in [1.29, 1.82) is 0 Å². The van der Waals surface area contributed by atoms with E-state index in [1.807, 2.05) is 82.3 Å². The number of ether oxygens (including phenoxy) is 2. The molecule has 2 amide bonds. The number of hydrogen-bond donors (Lipinski definition) is 3. The maximum absolute atomic E-state index is 14.4. The molecule has 10 nitrogen and oxygen atoms in total. The van der Waals surface area contributed by atoms with Crippen LogP contribution in [-0.4, -0.2) is 76.6 Å². The summed E-state index contributed by atoms with van der Waals surface area (Å²) in [6.07, 6.45) is 7.23. The van der Waals surface area contributed by atoms with E-state index in [-0.39, 0.29) is 48.2 Å². The molecule has 0 bridgehead atoms. The Morgan fingerprint density at radius 1 is 1.09 bits per heavy atom. The molecule has 0 aliphatic carbocycles. The number of phenolic OH excluding ortho intramolecular Hbond substituents is 1. The summed E-state index contributed by atoms with van der Waals surface area (Å²) in [5, 5.41) is 24.2. The fraction of sp³-hybridized carbons (Fsp3) is 0.488. The number of allylic oxidation sites excluding steroid dienone is 2. The van der Waals surface area contributed by atoms with E-state index in [4.69, 9.17) is 9.47 Å². The minimum absolute atomic E-state index is 0.0104. The van der Waals surface area contributed by atoms with E-state index in [1.165, 1.54) is 24.8 Å². The molecule has 0 saturated heterocycles. The van der Waals surface area contributed by atoms with E-state index in [0.717, 1.165) is 11.1 Å². The van der Waals surface area contributed by atoms with Gasteiger partial charge in [-0.05, 0) is 91.2 Å². The van der Waals surface area contributed by atoms with Crippen molar-refractivity contribution in [2.45, 2.75) is 104 Å². The van der Waals surface area contributed by atoms with Crippen LogP contribution in [0.3, 0.4) is 0 Å². The average Bonchev–Trinajstić information content (AvgIpc) is 3.12. The van der Waals surface area contributed by atoms with Gasteiger partial charge in [0.1, 0.15) is 11.9 Å². The number of nitrogens with one attached hydrogen (secondary N) is 1. The summed E-state index contributed by atoms with van der Waals surface area (Å²) in [4.78, 5) is 58.1. The van der Waals surface area contributed by atoms with Gasteiger partial charge in [-0.15, -0.1) is 0 Å². The number of carbonyl (C=O) groups is 4. The fourth-order valence-corrected chi connectivity index (χ4v) is 7.08. The first-order valence-corrected chi connectivity index (χ1v) is 19.3. The van der Waals surface area contributed by atoms with Gasteiger partial charge in [0.25, 0.3) is 0 Å². The maximum Gasteiger partial charge on any atom is 0.332 e. The second kappa shape index (κ2) is 20.0. The zero-order chi connectivity index (χ0) is 40.3. The van der Waals surface area contributed by atoms with Gasteiger partial charge in [-0.1, -0.05) is 87.9 Å². The minimum Gasteiger partial charge on any atom is -0.507 e. The predicted molar refractivity (Wildman–Crippen MR) is 213 cm³/mol. The number of halogens is 1. The number of ketones is 1. The Morgan fingerprint density at radius 3 is 2.35 bits per heavy atom. The molecule has 2 aromatic carbocycles. The van der Waals surface area contributed by atoms with Crippen molar-refractivity contribution in [1.82, 2.24) is 10.2 Å². The highest BCUT2D eigenvalue weighted by atomic mass is 79.9. The summed E-state index contributed by atoms with van der Waals surface area (Å²) in [6, 6.07) is 11.7. The minimum atomic E-state index is -1.76. The molecule has 1 aliphatic rings. The number of hydrogen-bond acceptors (Lipinski definition) is 8. The van der Waals surface area contributed by atoms with Gasteiger partial charge in [-0.2, -0.15) is 0 Å². The van der Waals surface area contributed by atoms with Crippen LogP contribution in [-0.2, 0) is 35.1 Å². The van der Waals surface area contributed by atoms with Crippen LogP contribution in [0.25, 0.3) is 0 Å². The zero-order valence-electron chi connectivity index (χ0n) is 33.0. The van der Waals surface area contributed by atoms with Crippen molar-refractivity contribution in [2.24, 2.45) is 17.8 Å². The lowest BCUT2D eigenvalue weighted by Crippen LogP contribution is -2.56. The maximum atomic E-state index is 14.4. The van der Waals surface area contributed by atoms with Crippen molar-refractivity contribution in [3.05, 3.63) is 99.6 Å². The molecule has 294 valence electrons. The third kappa shape index (κ3) is 12.0. The lowest BCUT2D eigenvalue weighted by atomic mass is 9.85. The van der Waals surface area contributed by atoms with Gasteiger partial charge in [-0.25, -0.2) is 4.79 Å². The molecule has 11 heteroatoms. The molecule has 1 aliphatic heterocycles. The molecule has 3 N–H and O–H groups in total. The van der Waals surface area contributed by atoms with Crippen molar-refractivity contribution in [3.63, 3.8) is 0 Å². The summed E-state index contributed by atoms with van der Waals surface area (Å²) in [7, 11) is 3.21. The van der Waals surface area contributed by atoms with E-state index in [2.05, 4.69) is 21.2 Å². The number of carbonyl (C=O) groups excluding carboxylic acids is 4. The standard InChI is InChI=1S/C43H57BrN2O8/c1-10-26(2)37-35(48)25-32(23-30-20-21-34(47)33(44)24-30)40(49)45-39(43(6,7)52)42(51)54-38(31-17-12-11-13-18-31)28(4)16-14-15-27(3)36(53-9)22-19-29(5)41(50)46(37)8/h11-21,24,26,28,32,36-39,47,52H,10,22-23,25H2,1-9H3,(H,45,49)/b16-14+,27-15+,29-19-. The number of likely N-dealkylation sites (N-methyl/N-ethyl adjacent to an activating group) is 1. The highest BCUT2D eigenvalue weighted by Crippen LogP contribution is 2.31. The molecule has 0 aromatic heterocycles. The van der Waals surface area contributed by atoms with Crippen LogP contribution in [0.15, 0.2) is 88.5 Å². The number of Topliss-reactive ketones (excluding diaryl/α,β-unsaturated/α-hetero) is 1. The number of benzene rings is 2. The smallest absolute Gasteiger partial charge is 0.332 e. The second-order valence-electron chi connectivity index (χ2n) is 15.0. The number of amides is 2. The number of aliphatic hydroxyl groups is 1. The normalized spacial score (nSPS) is 27.7. The molecule has 7 unspecified atom stereocenters. The number of rotatable bonds is 7. The van der Waals surface area contributed by atoms with Crippen molar-refractivity contribution in [2.75, 3.05) is 14.2 Å². The van der Waals surface area contributed by atoms with Crippen LogP contribution in [0.5, 0.6) is 5.75 Å². The number of methoxy groups -OCH3 is 1. The van der Waals surface area contributed by atoms with Crippen molar-refractivity contribution in [3.8, 4) is 5.75 Å². The highest BCUT2D eigenvalue weighted by molar-refractivity contribution is 9.10. The number of aromatic hydroxyl groups is 1. The van der Waals surface area contributed by atoms with Gasteiger partial charge < -0.3 is 29.9 Å². The van der Waals surface area contributed by atoms with Gasteiger partial charge in [0.15, 0.2) is 11.8 Å². The molecular formula is C43H57BrN2O8. The Bertz CT molecular complexity index is 1710. The second-order valence-corrected chi connectivity index (χ2v) is 15.8. The van der Waals surface area contributed by atoms with E-state index in [1.54, 1.807) is 33.2 Å². The first kappa shape index (κ1) is 44.3. The Hall–Kier alpha value is -4.06. The third-order valence-corrected chi connectivity index (χ3v) is 10.8. The first-order chi connectivity index (χ1) is 25.4. The molecule has 0 spiro atoms. The number of esters is 1. The average molecular weight is 810 g/mol. The molecule has 0 radical (unpaired) electrons.